The van der Waals surface area contributed by atoms with Gasteiger partial charge in [0.25, 0.3) is 0 Å². The lowest BCUT2D eigenvalue weighted by Gasteiger charge is -2.14. The molecule has 0 unspecified atom stereocenters. The minimum absolute atomic E-state index is 0.0100. The van der Waals surface area contributed by atoms with Crippen LogP contribution in [-0.2, 0) is 9.53 Å². The molecule has 0 aliphatic rings. The van der Waals surface area contributed by atoms with Gasteiger partial charge in [-0.25, -0.2) is 0 Å². The maximum Gasteiger partial charge on any atom is 0.308 e. The van der Waals surface area contributed by atoms with Crippen molar-refractivity contribution >= 4 is 5.97 Å². The van der Waals surface area contributed by atoms with Gasteiger partial charge in [-0.1, -0.05) is 46.0 Å². The first-order valence-corrected chi connectivity index (χ1v) is 6.42. The van der Waals surface area contributed by atoms with E-state index in [0.29, 0.717) is 6.61 Å². The normalized spacial score (nSPS) is 12.5. The van der Waals surface area contributed by atoms with Crippen LogP contribution in [0.15, 0.2) is 0 Å². The highest BCUT2D eigenvalue weighted by Gasteiger charge is 2.17. The first kappa shape index (κ1) is 14.5. The highest BCUT2D eigenvalue weighted by Crippen LogP contribution is 2.17. The molecule has 0 aliphatic heterocycles. The molecular weight excluding hydrogens is 188 g/mol. The minimum atomic E-state index is 0.0100. The molecule has 1 atom stereocenters. The van der Waals surface area contributed by atoms with Crippen molar-refractivity contribution in [2.24, 2.45) is 5.92 Å². The van der Waals surface area contributed by atoms with Gasteiger partial charge < -0.3 is 4.74 Å². The molecule has 0 saturated carbocycles. The van der Waals surface area contributed by atoms with E-state index >= 15 is 0 Å². The Morgan fingerprint density at radius 2 is 1.73 bits per heavy atom. The topological polar surface area (TPSA) is 26.3 Å². The molecule has 0 N–H and O–H groups in total. The smallest absolute Gasteiger partial charge is 0.308 e. The van der Waals surface area contributed by atoms with Gasteiger partial charge in [0, 0.05) is 0 Å². The Morgan fingerprint density at radius 3 is 2.27 bits per heavy atom. The molecule has 0 radical (unpaired) electrons. The molecule has 0 aromatic rings. The second-order valence-corrected chi connectivity index (χ2v) is 4.09. The van der Waals surface area contributed by atoms with Crippen molar-refractivity contribution in [3.05, 3.63) is 0 Å². The van der Waals surface area contributed by atoms with Crippen LogP contribution in [0.5, 0.6) is 0 Å². The zero-order valence-electron chi connectivity index (χ0n) is 10.6. The van der Waals surface area contributed by atoms with Crippen LogP contribution >= 0.6 is 0 Å². The zero-order valence-corrected chi connectivity index (χ0v) is 10.6. The lowest BCUT2D eigenvalue weighted by molar-refractivity contribution is -0.148. The van der Waals surface area contributed by atoms with Gasteiger partial charge in [0.1, 0.15) is 0 Å². The van der Waals surface area contributed by atoms with Crippen LogP contribution in [0.2, 0.25) is 0 Å². The monoisotopic (exact) mass is 214 g/mol. The molecular formula is C13H26O2. The fraction of sp³-hybridized carbons (Fsp3) is 0.923. The van der Waals surface area contributed by atoms with Gasteiger partial charge in [0.05, 0.1) is 12.5 Å². The third-order valence-electron chi connectivity index (χ3n) is 2.66. The third-order valence-corrected chi connectivity index (χ3v) is 2.66. The van der Waals surface area contributed by atoms with E-state index in [1.54, 1.807) is 0 Å². The van der Waals surface area contributed by atoms with Crippen LogP contribution in [0.25, 0.3) is 0 Å². The van der Waals surface area contributed by atoms with Gasteiger partial charge in [-0.3, -0.25) is 4.79 Å². The number of esters is 1. The minimum Gasteiger partial charge on any atom is -0.466 e. The van der Waals surface area contributed by atoms with Crippen LogP contribution in [0.1, 0.15) is 65.7 Å². The Bertz CT molecular complexity index is 155. The van der Waals surface area contributed by atoms with Crippen molar-refractivity contribution in [2.75, 3.05) is 6.61 Å². The number of carbonyl (C=O) groups excluding carboxylic acids is 1. The van der Waals surface area contributed by atoms with E-state index < -0.39 is 0 Å². The van der Waals surface area contributed by atoms with Crippen molar-refractivity contribution in [1.29, 1.82) is 0 Å². The van der Waals surface area contributed by atoms with E-state index in [4.69, 9.17) is 4.74 Å². The number of rotatable bonds is 9. The van der Waals surface area contributed by atoms with Gasteiger partial charge in [-0.05, 0) is 19.8 Å². The molecule has 0 heterocycles. The Hall–Kier alpha value is -0.530. The molecule has 2 nitrogen and oxygen atoms in total. The average molecular weight is 214 g/mol. The van der Waals surface area contributed by atoms with Crippen LogP contribution in [0.4, 0.5) is 0 Å². The summed E-state index contributed by atoms with van der Waals surface area (Å²) in [6.45, 7) is 6.71. The molecule has 0 fully saturated rings. The molecule has 0 aliphatic carbocycles. The van der Waals surface area contributed by atoms with Crippen LogP contribution < -0.4 is 0 Å². The number of carbonyl (C=O) groups is 1. The summed E-state index contributed by atoms with van der Waals surface area (Å²) in [6, 6.07) is 0. The lowest BCUT2D eigenvalue weighted by Crippen LogP contribution is -2.17. The molecule has 0 rings (SSSR count). The second kappa shape index (κ2) is 10.0. The predicted molar refractivity (Wildman–Crippen MR) is 63.8 cm³/mol. The number of hydrogen-bond acceptors (Lipinski definition) is 2. The van der Waals surface area contributed by atoms with Gasteiger partial charge >= 0.3 is 5.97 Å². The maximum absolute atomic E-state index is 11.6. The Kier molecular flexibility index (Phi) is 9.65. The Balaban J connectivity index is 3.76. The molecule has 0 spiro atoms. The van der Waals surface area contributed by atoms with Crippen molar-refractivity contribution < 1.29 is 9.53 Å². The van der Waals surface area contributed by atoms with Gasteiger partial charge in [0.2, 0.25) is 0 Å². The Morgan fingerprint density at radius 1 is 1.00 bits per heavy atom. The first-order chi connectivity index (χ1) is 7.26. The molecule has 2 heteroatoms. The van der Waals surface area contributed by atoms with Crippen molar-refractivity contribution in [3.63, 3.8) is 0 Å². The molecule has 0 bridgehead atoms. The second-order valence-electron chi connectivity index (χ2n) is 4.09. The van der Waals surface area contributed by atoms with E-state index in [-0.39, 0.29) is 11.9 Å². The summed E-state index contributed by atoms with van der Waals surface area (Å²) in [5, 5.41) is 0. The summed E-state index contributed by atoms with van der Waals surface area (Å²) in [5.74, 6) is 0.155. The number of ether oxygens (including phenoxy) is 1. The van der Waals surface area contributed by atoms with E-state index in [2.05, 4.69) is 13.8 Å². The standard InChI is InChI=1S/C13H26O2/c1-4-7-8-9-11-12(10-5-2)13(14)15-6-3/h12H,4-11H2,1-3H3/t12-/m0/s1. The van der Waals surface area contributed by atoms with Crippen LogP contribution in [0.3, 0.4) is 0 Å². The highest BCUT2D eigenvalue weighted by molar-refractivity contribution is 5.72. The SMILES string of the molecule is CCCCCC[C@H](CCC)C(=O)OCC. The quantitative estimate of drug-likeness (QED) is 0.429. The summed E-state index contributed by atoms with van der Waals surface area (Å²) in [4.78, 5) is 11.6. The maximum atomic E-state index is 11.6. The molecule has 0 saturated heterocycles. The fourth-order valence-corrected chi connectivity index (χ4v) is 1.81. The average Bonchev–Trinajstić information content (AvgIpc) is 2.23. The molecule has 15 heavy (non-hydrogen) atoms. The highest BCUT2D eigenvalue weighted by atomic mass is 16.5. The first-order valence-electron chi connectivity index (χ1n) is 6.42. The summed E-state index contributed by atoms with van der Waals surface area (Å²) in [6.07, 6.45) is 7.99. The van der Waals surface area contributed by atoms with Crippen LogP contribution in [0, 0.1) is 5.92 Å². The summed E-state index contributed by atoms with van der Waals surface area (Å²) in [5.41, 5.74) is 0. The van der Waals surface area contributed by atoms with Gasteiger partial charge in [0.15, 0.2) is 0 Å². The predicted octanol–water partition coefficient (Wildman–Crippen LogP) is 3.94. The fourth-order valence-electron chi connectivity index (χ4n) is 1.81. The van der Waals surface area contributed by atoms with Crippen molar-refractivity contribution in [1.82, 2.24) is 0 Å². The summed E-state index contributed by atoms with van der Waals surface area (Å²) in [7, 11) is 0. The number of hydrogen-bond donors (Lipinski definition) is 0. The molecule has 0 aromatic carbocycles. The van der Waals surface area contributed by atoms with Crippen LogP contribution in [-0.4, -0.2) is 12.6 Å². The van der Waals surface area contributed by atoms with Crippen molar-refractivity contribution in [3.8, 4) is 0 Å². The van der Waals surface area contributed by atoms with Gasteiger partial charge in [-0.15, -0.1) is 0 Å². The zero-order chi connectivity index (χ0) is 11.5. The lowest BCUT2D eigenvalue weighted by atomic mass is 9.96. The van der Waals surface area contributed by atoms with E-state index in [9.17, 15) is 4.79 Å². The van der Waals surface area contributed by atoms with E-state index in [0.717, 1.165) is 25.7 Å². The van der Waals surface area contributed by atoms with Crippen molar-refractivity contribution in [2.45, 2.75) is 65.7 Å². The van der Waals surface area contributed by atoms with E-state index in [1.807, 2.05) is 6.92 Å². The Labute approximate surface area is 94.4 Å². The summed E-state index contributed by atoms with van der Waals surface area (Å²) >= 11 is 0. The van der Waals surface area contributed by atoms with Gasteiger partial charge in [-0.2, -0.15) is 0 Å². The molecule has 90 valence electrons. The third kappa shape index (κ3) is 7.40. The molecule has 0 amide bonds. The number of unbranched alkanes of at least 4 members (excludes halogenated alkanes) is 3. The summed E-state index contributed by atoms with van der Waals surface area (Å²) < 4.78 is 5.07. The van der Waals surface area contributed by atoms with E-state index in [1.165, 1.54) is 19.3 Å². The largest absolute Gasteiger partial charge is 0.466 e. The molecule has 0 aromatic heterocycles.